The highest BCUT2D eigenvalue weighted by Gasteiger charge is 2.19. The van der Waals surface area contributed by atoms with Crippen LogP contribution in [-0.4, -0.2) is 23.0 Å². The quantitative estimate of drug-likeness (QED) is 0.251. The summed E-state index contributed by atoms with van der Waals surface area (Å²) in [5.41, 5.74) is 0. The largest absolute Gasteiger partial charge is 0.480 e. The average Bonchev–Trinajstić information content (AvgIpc) is 2.62. The maximum atomic E-state index is 11.9. The third-order valence-corrected chi connectivity index (χ3v) is 5.17. The van der Waals surface area contributed by atoms with E-state index in [2.05, 4.69) is 26.1 Å². The Kier molecular flexibility index (Phi) is 17.6. The maximum absolute atomic E-state index is 11.9. The number of aliphatic carboxylic acids is 1. The molecule has 0 saturated heterocycles. The molecule has 160 valence electrons. The molecule has 0 heterocycles. The van der Waals surface area contributed by atoms with E-state index >= 15 is 0 Å². The van der Waals surface area contributed by atoms with Gasteiger partial charge >= 0.3 is 5.97 Å². The van der Waals surface area contributed by atoms with Gasteiger partial charge in [-0.15, -0.1) is 0 Å². The Morgan fingerprint density at radius 2 is 1.19 bits per heavy atom. The third kappa shape index (κ3) is 18.1. The highest BCUT2D eigenvalue weighted by atomic mass is 16.4. The summed E-state index contributed by atoms with van der Waals surface area (Å²) in [4.78, 5) is 23.2. The number of rotatable bonds is 19. The second-order valence-corrected chi connectivity index (χ2v) is 8.42. The van der Waals surface area contributed by atoms with Crippen LogP contribution >= 0.6 is 0 Å². The molecule has 0 aliphatic heterocycles. The number of carboxylic acid groups (broad SMARTS) is 1. The number of carboxylic acids is 1. The molecule has 0 spiro atoms. The monoisotopic (exact) mass is 383 g/mol. The van der Waals surface area contributed by atoms with E-state index in [-0.39, 0.29) is 5.91 Å². The minimum absolute atomic E-state index is 0.116. The van der Waals surface area contributed by atoms with Gasteiger partial charge in [0.05, 0.1) is 0 Å². The van der Waals surface area contributed by atoms with Crippen LogP contribution in [0.2, 0.25) is 0 Å². The number of amides is 1. The number of nitrogens with one attached hydrogen (secondary N) is 1. The molecule has 0 fully saturated rings. The van der Waals surface area contributed by atoms with Crippen LogP contribution in [0.3, 0.4) is 0 Å². The molecule has 0 aromatic rings. The fourth-order valence-corrected chi connectivity index (χ4v) is 3.33. The lowest BCUT2D eigenvalue weighted by Crippen LogP contribution is -2.40. The summed E-state index contributed by atoms with van der Waals surface area (Å²) in [6, 6.07) is -0.734. The standard InChI is InChI=1S/C23H45NO3/c1-4-5-6-7-8-9-10-11-12-13-14-15-16-17-22(25)24-21(23(26)27)19-18-20(2)3/h20-21H,4-19H2,1-3H3,(H,24,25)(H,26,27). The van der Waals surface area contributed by atoms with Crippen LogP contribution in [0.1, 0.15) is 124 Å². The van der Waals surface area contributed by atoms with Gasteiger partial charge in [0.1, 0.15) is 6.04 Å². The summed E-state index contributed by atoms with van der Waals surface area (Å²) in [5, 5.41) is 11.9. The Morgan fingerprint density at radius 3 is 1.59 bits per heavy atom. The summed E-state index contributed by atoms with van der Waals surface area (Å²) in [7, 11) is 0. The van der Waals surface area contributed by atoms with E-state index in [1.807, 2.05) is 0 Å². The fraction of sp³-hybridized carbons (Fsp3) is 0.913. The van der Waals surface area contributed by atoms with Crippen molar-refractivity contribution in [3.8, 4) is 0 Å². The average molecular weight is 384 g/mol. The Balaban J connectivity index is 3.50. The molecular formula is C23H45NO3. The molecular weight excluding hydrogens is 338 g/mol. The third-order valence-electron chi connectivity index (χ3n) is 5.17. The molecule has 0 bridgehead atoms. The van der Waals surface area contributed by atoms with E-state index < -0.39 is 12.0 Å². The Hall–Kier alpha value is -1.06. The van der Waals surface area contributed by atoms with E-state index in [1.54, 1.807) is 0 Å². The molecule has 2 N–H and O–H groups in total. The number of carbonyl (C=O) groups is 2. The number of carbonyl (C=O) groups excluding carboxylic acids is 1. The lowest BCUT2D eigenvalue weighted by atomic mass is 10.0. The van der Waals surface area contributed by atoms with Crippen molar-refractivity contribution in [1.29, 1.82) is 0 Å². The first-order valence-corrected chi connectivity index (χ1v) is 11.5. The second-order valence-electron chi connectivity index (χ2n) is 8.42. The van der Waals surface area contributed by atoms with Crippen molar-refractivity contribution in [3.05, 3.63) is 0 Å². The highest BCUT2D eigenvalue weighted by molar-refractivity contribution is 5.83. The van der Waals surface area contributed by atoms with Gasteiger partial charge in [-0.2, -0.15) is 0 Å². The van der Waals surface area contributed by atoms with Crippen molar-refractivity contribution in [3.63, 3.8) is 0 Å². The summed E-state index contributed by atoms with van der Waals surface area (Å²) in [6.07, 6.45) is 18.4. The van der Waals surface area contributed by atoms with E-state index in [0.29, 0.717) is 18.8 Å². The van der Waals surface area contributed by atoms with Crippen molar-refractivity contribution >= 4 is 11.9 Å². The maximum Gasteiger partial charge on any atom is 0.326 e. The minimum Gasteiger partial charge on any atom is -0.480 e. The zero-order valence-electron chi connectivity index (χ0n) is 18.2. The summed E-state index contributed by atoms with van der Waals surface area (Å²) < 4.78 is 0. The molecule has 4 nitrogen and oxygen atoms in total. The molecule has 0 aromatic carbocycles. The minimum atomic E-state index is -0.922. The molecule has 1 amide bonds. The van der Waals surface area contributed by atoms with Crippen molar-refractivity contribution in [2.45, 2.75) is 130 Å². The highest BCUT2D eigenvalue weighted by Crippen LogP contribution is 2.13. The van der Waals surface area contributed by atoms with Gasteiger partial charge in [-0.05, 0) is 25.2 Å². The van der Waals surface area contributed by atoms with Gasteiger partial charge in [-0.3, -0.25) is 4.79 Å². The SMILES string of the molecule is CCCCCCCCCCCCCCCC(=O)NC(CCC(C)C)C(=O)O. The first-order chi connectivity index (χ1) is 13.0. The summed E-state index contributed by atoms with van der Waals surface area (Å²) in [6.45, 7) is 6.38. The van der Waals surface area contributed by atoms with E-state index in [0.717, 1.165) is 19.3 Å². The molecule has 0 rings (SSSR count). The summed E-state index contributed by atoms with van der Waals surface area (Å²) in [5.74, 6) is -0.589. The molecule has 0 aliphatic rings. The number of hydrogen-bond acceptors (Lipinski definition) is 2. The Morgan fingerprint density at radius 1 is 0.741 bits per heavy atom. The van der Waals surface area contributed by atoms with E-state index in [9.17, 15) is 14.7 Å². The Labute approximate surface area is 167 Å². The molecule has 1 atom stereocenters. The van der Waals surface area contributed by atoms with Crippen molar-refractivity contribution in [1.82, 2.24) is 5.32 Å². The fourth-order valence-electron chi connectivity index (χ4n) is 3.33. The van der Waals surface area contributed by atoms with Gasteiger partial charge < -0.3 is 10.4 Å². The van der Waals surface area contributed by atoms with Gasteiger partial charge in [-0.25, -0.2) is 4.79 Å². The number of unbranched alkanes of at least 4 members (excludes halogenated alkanes) is 12. The molecule has 4 heteroatoms. The van der Waals surface area contributed by atoms with E-state index in [4.69, 9.17) is 0 Å². The van der Waals surface area contributed by atoms with Crippen molar-refractivity contribution < 1.29 is 14.7 Å². The predicted molar refractivity (Wildman–Crippen MR) is 114 cm³/mol. The molecule has 0 saturated carbocycles. The van der Waals surface area contributed by atoms with Crippen LogP contribution in [0.15, 0.2) is 0 Å². The van der Waals surface area contributed by atoms with Crippen LogP contribution in [0, 0.1) is 5.92 Å². The summed E-state index contributed by atoms with van der Waals surface area (Å²) >= 11 is 0. The molecule has 0 aliphatic carbocycles. The van der Waals surface area contributed by atoms with Crippen LogP contribution in [-0.2, 0) is 9.59 Å². The predicted octanol–water partition coefficient (Wildman–Crippen LogP) is 6.47. The van der Waals surface area contributed by atoms with Gasteiger partial charge in [-0.1, -0.05) is 97.8 Å². The number of hydrogen-bond donors (Lipinski definition) is 2. The van der Waals surface area contributed by atoms with Crippen LogP contribution < -0.4 is 5.32 Å². The first-order valence-electron chi connectivity index (χ1n) is 11.5. The van der Waals surface area contributed by atoms with Gasteiger partial charge in [0.15, 0.2) is 0 Å². The lowest BCUT2D eigenvalue weighted by Gasteiger charge is -2.15. The smallest absolute Gasteiger partial charge is 0.326 e. The molecule has 27 heavy (non-hydrogen) atoms. The van der Waals surface area contributed by atoms with Crippen LogP contribution in [0.25, 0.3) is 0 Å². The van der Waals surface area contributed by atoms with Crippen molar-refractivity contribution in [2.24, 2.45) is 5.92 Å². The molecule has 0 radical (unpaired) electrons. The zero-order chi connectivity index (χ0) is 20.3. The Bertz CT molecular complexity index is 369. The lowest BCUT2D eigenvalue weighted by molar-refractivity contribution is -0.142. The van der Waals surface area contributed by atoms with E-state index in [1.165, 1.54) is 70.6 Å². The van der Waals surface area contributed by atoms with Gasteiger partial charge in [0.25, 0.3) is 0 Å². The van der Waals surface area contributed by atoms with Crippen LogP contribution in [0.5, 0.6) is 0 Å². The first kappa shape index (κ1) is 25.9. The zero-order valence-corrected chi connectivity index (χ0v) is 18.2. The van der Waals surface area contributed by atoms with Gasteiger partial charge in [0.2, 0.25) is 5.91 Å². The molecule has 1 unspecified atom stereocenters. The topological polar surface area (TPSA) is 66.4 Å². The van der Waals surface area contributed by atoms with Crippen LogP contribution in [0.4, 0.5) is 0 Å². The van der Waals surface area contributed by atoms with Crippen molar-refractivity contribution in [2.75, 3.05) is 0 Å². The second kappa shape index (κ2) is 18.3. The normalized spacial score (nSPS) is 12.3. The van der Waals surface area contributed by atoms with Gasteiger partial charge in [0, 0.05) is 6.42 Å². The molecule has 0 aromatic heterocycles.